The second kappa shape index (κ2) is 6.22. The summed E-state index contributed by atoms with van der Waals surface area (Å²) in [6, 6.07) is 16.0. The molecular formula is C14H13ClN2O2. The molecule has 0 saturated carbocycles. The maximum Gasteiger partial charge on any atom is 0.273 e. The average Bonchev–Trinajstić information content (AvgIpc) is 2.49. The summed E-state index contributed by atoms with van der Waals surface area (Å²) in [6.45, 7) is 0. The van der Waals surface area contributed by atoms with Crippen LogP contribution in [0, 0.1) is 0 Å². The van der Waals surface area contributed by atoms with Crippen LogP contribution >= 0.6 is 11.8 Å². The van der Waals surface area contributed by atoms with Crippen molar-refractivity contribution in [1.82, 2.24) is 4.94 Å². The molecule has 2 aromatic carbocycles. The first kappa shape index (κ1) is 13.4. The van der Waals surface area contributed by atoms with Crippen molar-refractivity contribution < 1.29 is 9.53 Å². The molecule has 0 spiro atoms. The van der Waals surface area contributed by atoms with Crippen LogP contribution in [0.5, 0.6) is 5.75 Å². The van der Waals surface area contributed by atoms with Crippen LogP contribution in [0.1, 0.15) is 10.4 Å². The van der Waals surface area contributed by atoms with E-state index in [9.17, 15) is 4.79 Å². The SMILES string of the molecule is COc1cccc(N(NCl)C(=O)c2ccccc2)c1. The number of nitrogens with zero attached hydrogens (tertiary/aromatic N) is 1. The minimum Gasteiger partial charge on any atom is -0.497 e. The average molecular weight is 277 g/mol. The molecule has 0 heterocycles. The Labute approximate surface area is 116 Å². The minimum atomic E-state index is -0.246. The normalized spacial score (nSPS) is 10.0. The second-order valence-corrected chi connectivity index (χ2v) is 3.96. The lowest BCUT2D eigenvalue weighted by molar-refractivity contribution is 0.0982. The molecule has 4 nitrogen and oxygen atoms in total. The van der Waals surface area contributed by atoms with Crippen LogP contribution in [0.3, 0.4) is 0 Å². The molecule has 0 aliphatic carbocycles. The first-order chi connectivity index (χ1) is 9.26. The van der Waals surface area contributed by atoms with Gasteiger partial charge in [0.05, 0.1) is 12.8 Å². The molecule has 0 atom stereocenters. The summed E-state index contributed by atoms with van der Waals surface area (Å²) in [7, 11) is 1.57. The van der Waals surface area contributed by atoms with Gasteiger partial charge in [-0.15, -0.1) is 4.94 Å². The number of nitrogens with one attached hydrogen (secondary N) is 1. The number of anilines is 1. The van der Waals surface area contributed by atoms with Crippen molar-refractivity contribution in [2.75, 3.05) is 12.1 Å². The quantitative estimate of drug-likeness (QED) is 0.689. The molecule has 1 N–H and O–H groups in total. The highest BCUT2D eigenvalue weighted by Crippen LogP contribution is 2.21. The van der Waals surface area contributed by atoms with Gasteiger partial charge in [-0.3, -0.25) is 4.79 Å². The Morgan fingerprint density at radius 1 is 1.16 bits per heavy atom. The number of hydrogen-bond donors (Lipinski definition) is 1. The summed E-state index contributed by atoms with van der Waals surface area (Å²) in [5, 5.41) is 1.25. The van der Waals surface area contributed by atoms with E-state index in [1.54, 1.807) is 55.6 Å². The Kier molecular flexibility index (Phi) is 4.39. The first-order valence-electron chi connectivity index (χ1n) is 5.66. The molecule has 98 valence electrons. The first-order valence-corrected chi connectivity index (χ1v) is 6.04. The largest absolute Gasteiger partial charge is 0.497 e. The number of rotatable bonds is 4. The Bertz CT molecular complexity index is 560. The fourth-order valence-corrected chi connectivity index (χ4v) is 1.84. The van der Waals surface area contributed by atoms with Gasteiger partial charge in [-0.25, -0.2) is 5.01 Å². The van der Waals surface area contributed by atoms with Crippen LogP contribution in [0.2, 0.25) is 0 Å². The van der Waals surface area contributed by atoms with Crippen molar-refractivity contribution >= 4 is 23.4 Å². The highest BCUT2D eigenvalue weighted by atomic mass is 35.5. The molecule has 0 saturated heterocycles. The molecule has 0 unspecified atom stereocenters. The minimum absolute atomic E-state index is 0.246. The molecule has 0 aromatic heterocycles. The Morgan fingerprint density at radius 2 is 1.89 bits per heavy atom. The van der Waals surface area contributed by atoms with E-state index in [1.807, 2.05) is 6.07 Å². The van der Waals surface area contributed by atoms with E-state index in [1.165, 1.54) is 5.01 Å². The summed E-state index contributed by atoms with van der Waals surface area (Å²) < 4.78 is 5.13. The molecule has 2 aromatic rings. The zero-order chi connectivity index (χ0) is 13.7. The van der Waals surface area contributed by atoms with Gasteiger partial charge >= 0.3 is 0 Å². The molecule has 1 amide bonds. The van der Waals surface area contributed by atoms with Crippen molar-refractivity contribution in [2.24, 2.45) is 0 Å². The molecule has 0 aliphatic heterocycles. The Morgan fingerprint density at radius 3 is 2.53 bits per heavy atom. The van der Waals surface area contributed by atoms with Crippen LogP contribution < -0.4 is 14.7 Å². The number of amides is 1. The number of carbonyl (C=O) groups excluding carboxylic acids is 1. The van der Waals surface area contributed by atoms with E-state index < -0.39 is 0 Å². The number of hydrazine groups is 1. The zero-order valence-corrected chi connectivity index (χ0v) is 11.1. The highest BCUT2D eigenvalue weighted by Gasteiger charge is 2.17. The molecular weight excluding hydrogens is 264 g/mol. The predicted octanol–water partition coefficient (Wildman–Crippen LogP) is 3.00. The van der Waals surface area contributed by atoms with Gasteiger partial charge in [-0.1, -0.05) is 24.3 Å². The fourth-order valence-electron chi connectivity index (χ4n) is 1.66. The third kappa shape index (κ3) is 3.05. The van der Waals surface area contributed by atoms with E-state index in [-0.39, 0.29) is 5.91 Å². The van der Waals surface area contributed by atoms with Gasteiger partial charge in [0.2, 0.25) is 0 Å². The smallest absolute Gasteiger partial charge is 0.273 e. The van der Waals surface area contributed by atoms with Crippen LogP contribution in [0.15, 0.2) is 54.6 Å². The van der Waals surface area contributed by atoms with Gasteiger partial charge < -0.3 is 4.74 Å². The molecule has 2 rings (SSSR count). The summed E-state index contributed by atoms with van der Waals surface area (Å²) in [5.74, 6) is 0.402. The molecule has 0 bridgehead atoms. The topological polar surface area (TPSA) is 41.6 Å². The molecule has 0 radical (unpaired) electrons. The molecule has 5 heteroatoms. The fraction of sp³-hybridized carbons (Fsp3) is 0.0714. The number of halogens is 1. The van der Waals surface area contributed by atoms with E-state index in [0.29, 0.717) is 17.0 Å². The Balaban J connectivity index is 2.31. The van der Waals surface area contributed by atoms with Crippen LogP contribution in [-0.4, -0.2) is 13.0 Å². The lowest BCUT2D eigenvalue weighted by Crippen LogP contribution is -2.37. The maximum absolute atomic E-state index is 12.3. The van der Waals surface area contributed by atoms with Gasteiger partial charge in [0.15, 0.2) is 0 Å². The van der Waals surface area contributed by atoms with E-state index in [0.717, 1.165) is 0 Å². The summed E-state index contributed by atoms with van der Waals surface area (Å²) in [4.78, 5) is 14.7. The van der Waals surface area contributed by atoms with Crippen molar-refractivity contribution in [3.63, 3.8) is 0 Å². The van der Waals surface area contributed by atoms with Crippen LogP contribution in [0.4, 0.5) is 5.69 Å². The molecule has 19 heavy (non-hydrogen) atoms. The van der Waals surface area contributed by atoms with Gasteiger partial charge in [0.25, 0.3) is 5.91 Å². The molecule has 0 aliphatic rings. The van der Waals surface area contributed by atoms with Gasteiger partial charge in [0.1, 0.15) is 5.75 Å². The van der Waals surface area contributed by atoms with Crippen molar-refractivity contribution in [3.8, 4) is 5.75 Å². The third-order valence-electron chi connectivity index (χ3n) is 2.62. The summed E-state index contributed by atoms with van der Waals surface area (Å²) in [5.41, 5.74) is 1.14. The number of carbonyl (C=O) groups is 1. The standard InChI is InChI=1S/C14H13ClN2O2/c1-19-13-9-5-8-12(10-13)17(16-15)14(18)11-6-3-2-4-7-11/h2-10,16H,1H3. The summed E-state index contributed by atoms with van der Waals surface area (Å²) >= 11 is 5.66. The number of methoxy groups -OCH3 is 1. The summed E-state index contributed by atoms with van der Waals surface area (Å²) in [6.07, 6.45) is 0. The van der Waals surface area contributed by atoms with Gasteiger partial charge in [-0.2, -0.15) is 0 Å². The van der Waals surface area contributed by atoms with E-state index in [2.05, 4.69) is 4.94 Å². The molecule has 0 fully saturated rings. The van der Waals surface area contributed by atoms with Crippen molar-refractivity contribution in [1.29, 1.82) is 0 Å². The van der Waals surface area contributed by atoms with Crippen molar-refractivity contribution in [2.45, 2.75) is 0 Å². The number of ether oxygens (including phenoxy) is 1. The lowest BCUT2D eigenvalue weighted by Gasteiger charge is -2.20. The predicted molar refractivity (Wildman–Crippen MR) is 75.2 cm³/mol. The van der Waals surface area contributed by atoms with E-state index in [4.69, 9.17) is 16.5 Å². The lowest BCUT2D eigenvalue weighted by atomic mass is 10.2. The zero-order valence-electron chi connectivity index (χ0n) is 10.3. The van der Waals surface area contributed by atoms with E-state index >= 15 is 0 Å². The third-order valence-corrected chi connectivity index (χ3v) is 2.79. The van der Waals surface area contributed by atoms with Crippen molar-refractivity contribution in [3.05, 3.63) is 60.2 Å². The Hall–Kier alpha value is -2.04. The van der Waals surface area contributed by atoms with Crippen LogP contribution in [0.25, 0.3) is 0 Å². The van der Waals surface area contributed by atoms with Gasteiger partial charge in [-0.05, 0) is 36.0 Å². The highest BCUT2D eigenvalue weighted by molar-refractivity contribution is 6.18. The number of benzene rings is 2. The second-order valence-electron chi connectivity index (χ2n) is 3.79. The van der Waals surface area contributed by atoms with Crippen LogP contribution in [-0.2, 0) is 0 Å². The maximum atomic E-state index is 12.3. The van der Waals surface area contributed by atoms with Gasteiger partial charge in [0, 0.05) is 11.6 Å². The number of hydrogen-bond acceptors (Lipinski definition) is 3. The monoisotopic (exact) mass is 276 g/mol.